The van der Waals surface area contributed by atoms with E-state index in [1.54, 1.807) is 16.6 Å². The van der Waals surface area contributed by atoms with Gasteiger partial charge in [-0.15, -0.1) is 0 Å². The van der Waals surface area contributed by atoms with Crippen LogP contribution >= 0.6 is 11.9 Å². The molecule has 0 unspecified atom stereocenters. The Kier molecular flexibility index (Phi) is 6.94. The van der Waals surface area contributed by atoms with E-state index < -0.39 is 0 Å². The van der Waals surface area contributed by atoms with E-state index in [0.29, 0.717) is 41.9 Å². The lowest BCUT2D eigenvalue weighted by atomic mass is 10.2. The van der Waals surface area contributed by atoms with E-state index in [2.05, 4.69) is 19.7 Å². The van der Waals surface area contributed by atoms with Crippen molar-refractivity contribution in [1.82, 2.24) is 14.0 Å². The Morgan fingerprint density at radius 3 is 2.83 bits per heavy atom. The average molecular weight is 418 g/mol. The summed E-state index contributed by atoms with van der Waals surface area (Å²) in [6, 6.07) is 5.90. The number of nitrogens with zero attached hydrogens (tertiary/aromatic N) is 4. The highest BCUT2D eigenvalue weighted by molar-refractivity contribution is 7.97. The molecule has 2 heterocycles. The van der Waals surface area contributed by atoms with Crippen LogP contribution in [-0.4, -0.2) is 63.5 Å². The Morgan fingerprint density at radius 1 is 1.34 bits per heavy atom. The topological polar surface area (TPSA) is 92.0 Å². The summed E-state index contributed by atoms with van der Waals surface area (Å²) in [7, 11) is 0. The molecule has 8 nitrogen and oxygen atoms in total. The van der Waals surface area contributed by atoms with Crippen molar-refractivity contribution in [3.63, 3.8) is 0 Å². The molecule has 1 aromatic heterocycles. The Bertz CT molecular complexity index is 925. The molecule has 3 rings (SSSR count). The van der Waals surface area contributed by atoms with E-state index in [1.165, 1.54) is 0 Å². The van der Waals surface area contributed by atoms with Crippen molar-refractivity contribution in [2.75, 3.05) is 38.3 Å². The predicted octanol–water partition coefficient (Wildman–Crippen LogP) is 2.41. The maximum absolute atomic E-state index is 12.6. The summed E-state index contributed by atoms with van der Waals surface area (Å²) >= 11 is 1.57. The number of nitrogens with one attached hydrogen (secondary N) is 1. The molecular formula is C20H27N5O3S. The number of Topliss-reactive ketones (excluding diaryl/α,β-unsaturated/α-hetero) is 1. The Balaban J connectivity index is 2.00. The third-order valence-electron chi connectivity index (χ3n) is 4.52. The van der Waals surface area contributed by atoms with Gasteiger partial charge in [0.05, 0.1) is 24.5 Å². The number of fused-ring (bicyclic) bond motifs is 1. The minimum atomic E-state index is -0.0748. The number of rotatable bonds is 8. The number of hydrogen-bond acceptors (Lipinski definition) is 8. The summed E-state index contributed by atoms with van der Waals surface area (Å²) < 4.78 is 9.60. The third-order valence-corrected chi connectivity index (χ3v) is 5.69. The normalized spacial score (nSPS) is 13.7. The van der Waals surface area contributed by atoms with Crippen molar-refractivity contribution in [2.24, 2.45) is 4.99 Å². The quantitative estimate of drug-likeness (QED) is 0.637. The average Bonchev–Trinajstić information content (AvgIpc) is 2.86. The van der Waals surface area contributed by atoms with Gasteiger partial charge < -0.3 is 9.84 Å². The molecule has 2 aromatic rings. The fraction of sp³-hybridized carbons (Fsp3) is 0.450. The van der Waals surface area contributed by atoms with Crippen LogP contribution in [0, 0.1) is 13.8 Å². The number of aromatic nitrogens is 2. The minimum absolute atomic E-state index is 0.0445. The number of ketones is 1. The monoisotopic (exact) mass is 417 g/mol. The van der Waals surface area contributed by atoms with Crippen LogP contribution < -0.4 is 10.2 Å². The van der Waals surface area contributed by atoms with Gasteiger partial charge in [0.1, 0.15) is 23.8 Å². The van der Waals surface area contributed by atoms with Gasteiger partial charge in [-0.3, -0.25) is 15.2 Å². The van der Waals surface area contributed by atoms with Crippen molar-refractivity contribution >= 4 is 23.6 Å². The molecular weight excluding hydrogens is 390 g/mol. The number of carbonyl (C=O) groups excluding carboxylic acids is 1. The van der Waals surface area contributed by atoms with Crippen LogP contribution in [0.25, 0.3) is 0 Å². The second-order valence-corrected chi connectivity index (χ2v) is 7.73. The van der Waals surface area contributed by atoms with Crippen LogP contribution in [0.3, 0.4) is 0 Å². The fourth-order valence-electron chi connectivity index (χ4n) is 3.21. The van der Waals surface area contributed by atoms with Gasteiger partial charge in [0.15, 0.2) is 5.84 Å². The zero-order valence-electron chi connectivity index (χ0n) is 17.2. The van der Waals surface area contributed by atoms with Crippen LogP contribution in [0.5, 0.6) is 5.75 Å². The summed E-state index contributed by atoms with van der Waals surface area (Å²) in [6.07, 6.45) is 0. The van der Waals surface area contributed by atoms with Crippen molar-refractivity contribution < 1.29 is 14.6 Å². The van der Waals surface area contributed by atoms with Gasteiger partial charge in [-0.05, 0) is 50.9 Å². The maximum Gasteiger partial charge on any atom is 0.204 e. The smallest absolute Gasteiger partial charge is 0.204 e. The number of imidazole rings is 1. The predicted molar refractivity (Wildman–Crippen MR) is 115 cm³/mol. The van der Waals surface area contributed by atoms with Crippen LogP contribution in [-0.2, 0) is 0 Å². The van der Waals surface area contributed by atoms with Crippen molar-refractivity contribution in [3.05, 3.63) is 41.0 Å². The first-order chi connectivity index (χ1) is 14.0. The molecule has 29 heavy (non-hydrogen) atoms. The molecule has 0 aliphatic carbocycles. The molecule has 9 heteroatoms. The molecule has 1 aromatic carbocycles. The van der Waals surface area contributed by atoms with Gasteiger partial charge in [-0.2, -0.15) is 0 Å². The highest BCUT2D eigenvalue weighted by atomic mass is 32.2. The zero-order chi connectivity index (χ0) is 21.0. The second-order valence-electron chi connectivity index (χ2n) is 6.56. The summed E-state index contributed by atoms with van der Waals surface area (Å²) in [5, 5.41) is 9.25. The number of benzene rings is 1. The van der Waals surface area contributed by atoms with E-state index >= 15 is 0 Å². The zero-order valence-corrected chi connectivity index (χ0v) is 18.0. The molecule has 0 bridgehead atoms. The summed E-state index contributed by atoms with van der Waals surface area (Å²) in [5.41, 5.74) is 5.26. The van der Waals surface area contributed by atoms with Crippen molar-refractivity contribution in [3.8, 4) is 5.75 Å². The van der Waals surface area contributed by atoms with Gasteiger partial charge in [0, 0.05) is 18.0 Å². The number of likely N-dealkylation sites (N-methyl/N-ethyl adjacent to an activating group) is 1. The number of aliphatic hydroxyl groups is 1. The summed E-state index contributed by atoms with van der Waals surface area (Å²) in [5.74, 6) is 1.88. The summed E-state index contributed by atoms with van der Waals surface area (Å²) in [6.45, 7) is 9.70. The van der Waals surface area contributed by atoms with Gasteiger partial charge in [-0.25, -0.2) is 14.0 Å². The lowest BCUT2D eigenvalue weighted by Gasteiger charge is -2.20. The van der Waals surface area contributed by atoms with Crippen LogP contribution in [0.2, 0.25) is 0 Å². The van der Waals surface area contributed by atoms with Crippen LogP contribution in [0.4, 0.5) is 0 Å². The van der Waals surface area contributed by atoms with E-state index in [0.717, 1.165) is 17.0 Å². The molecule has 1 aliphatic rings. The fourth-order valence-corrected chi connectivity index (χ4v) is 4.11. The molecule has 2 N–H and O–H groups in total. The first-order valence-electron chi connectivity index (χ1n) is 9.70. The molecule has 0 spiro atoms. The van der Waals surface area contributed by atoms with Crippen LogP contribution in [0.1, 0.15) is 41.4 Å². The molecule has 0 radical (unpaired) electrons. The molecule has 1 aliphatic heterocycles. The molecule has 0 saturated heterocycles. The third kappa shape index (κ3) is 4.63. The van der Waals surface area contributed by atoms with Crippen molar-refractivity contribution in [1.29, 1.82) is 0 Å². The molecule has 0 amide bonds. The first kappa shape index (κ1) is 21.4. The van der Waals surface area contributed by atoms with Crippen LogP contribution in [0.15, 0.2) is 28.1 Å². The highest BCUT2D eigenvalue weighted by Crippen LogP contribution is 2.29. The Morgan fingerprint density at radius 2 is 2.14 bits per heavy atom. The van der Waals surface area contributed by atoms with Gasteiger partial charge in [-0.1, -0.05) is 6.92 Å². The summed E-state index contributed by atoms with van der Waals surface area (Å²) in [4.78, 5) is 22.5. The number of carbonyl (C=O) groups is 1. The second kappa shape index (κ2) is 9.43. The maximum atomic E-state index is 12.6. The van der Waals surface area contributed by atoms with E-state index in [4.69, 9.17) is 4.74 Å². The lowest BCUT2D eigenvalue weighted by molar-refractivity contribution is 0.0995. The molecule has 156 valence electrons. The molecule has 0 saturated carbocycles. The largest absolute Gasteiger partial charge is 0.493 e. The number of amidine groups is 1. The van der Waals surface area contributed by atoms with E-state index in [9.17, 15) is 9.90 Å². The van der Waals surface area contributed by atoms with Gasteiger partial charge in [0.2, 0.25) is 5.78 Å². The van der Waals surface area contributed by atoms with E-state index in [1.807, 2.05) is 45.9 Å². The standard InChI is InChI=1S/C20H27N5O3S/c1-5-24(9-10-26)29-15-7-8-18(28-6-2)16(11-15)20-21-12-17(27)19-13(3)22-14(4)25(19)23-20/h7-8,11,26H,5-6,9-10,12H2,1-4H3,(H,21,23). The number of aryl methyl sites for hydroxylation is 2. The number of hydrogen-bond donors (Lipinski definition) is 2. The number of aliphatic hydroxyl groups excluding tert-OH is 1. The number of aliphatic imine (C=N–C) groups is 1. The minimum Gasteiger partial charge on any atom is -0.493 e. The van der Waals surface area contributed by atoms with Gasteiger partial charge in [0.25, 0.3) is 0 Å². The molecule has 0 fully saturated rings. The van der Waals surface area contributed by atoms with Gasteiger partial charge >= 0.3 is 0 Å². The first-order valence-corrected chi connectivity index (χ1v) is 10.5. The number of ether oxygens (including phenoxy) is 1. The Labute approximate surface area is 175 Å². The lowest BCUT2D eigenvalue weighted by Crippen LogP contribution is -2.26. The highest BCUT2D eigenvalue weighted by Gasteiger charge is 2.24. The SMILES string of the molecule is CCOc1ccc(SN(CC)CCO)cc1C1=NCC(=O)c2c(C)nc(C)n2N1. The van der Waals surface area contributed by atoms with Crippen molar-refractivity contribution in [2.45, 2.75) is 32.6 Å². The Hall–Kier alpha value is -2.36. The molecule has 0 atom stereocenters. The van der Waals surface area contributed by atoms with E-state index in [-0.39, 0.29) is 18.9 Å².